The third-order valence-electron chi connectivity index (χ3n) is 13.2. The molecule has 2 bridgehead atoms. The van der Waals surface area contributed by atoms with Crippen LogP contribution in [0.3, 0.4) is 0 Å². The molecule has 264 valence electrons. The maximum absolute atomic E-state index is 2.56. The van der Waals surface area contributed by atoms with Gasteiger partial charge in [-0.2, -0.15) is 0 Å². The van der Waals surface area contributed by atoms with Gasteiger partial charge in [0.1, 0.15) is 0 Å². The van der Waals surface area contributed by atoms with E-state index in [0.29, 0.717) is 11.8 Å². The lowest BCUT2D eigenvalue weighted by atomic mass is 9.49. The number of rotatable bonds is 6. The van der Waals surface area contributed by atoms with Crippen LogP contribution in [0.25, 0.3) is 44.5 Å². The minimum absolute atomic E-state index is 0.0994. The third-order valence-corrected chi connectivity index (χ3v) is 13.2. The highest BCUT2D eigenvalue weighted by molar-refractivity contribution is 5.92. The van der Waals surface area contributed by atoms with Gasteiger partial charge in [0.25, 0.3) is 0 Å². The maximum atomic E-state index is 2.56. The lowest BCUT2D eigenvalue weighted by Gasteiger charge is -2.54. The molecule has 5 unspecified atom stereocenters. The summed E-state index contributed by atoms with van der Waals surface area (Å²) in [5.74, 6) is 3.00. The summed E-state index contributed by atoms with van der Waals surface area (Å²) in [4.78, 5) is 2.44. The van der Waals surface area contributed by atoms with Crippen LogP contribution in [0, 0.1) is 23.7 Å². The zero-order valence-corrected chi connectivity index (χ0v) is 31.3. The van der Waals surface area contributed by atoms with Crippen molar-refractivity contribution < 1.29 is 0 Å². The van der Waals surface area contributed by atoms with E-state index in [9.17, 15) is 0 Å². The van der Waals surface area contributed by atoms with Crippen LogP contribution >= 0.6 is 0 Å². The Morgan fingerprint density at radius 1 is 0.426 bits per heavy atom. The second kappa shape index (κ2) is 13.3. The molecular weight excluding hydrogens is 651 g/mol. The van der Waals surface area contributed by atoms with Gasteiger partial charge in [0.15, 0.2) is 0 Å². The summed E-state index contributed by atoms with van der Waals surface area (Å²) in [7, 11) is 0. The summed E-state index contributed by atoms with van der Waals surface area (Å²) in [5, 5.41) is 0. The Bertz CT molecular complexity index is 2340. The Hall–Kier alpha value is -5.66. The largest absolute Gasteiger partial charge is 0.310 e. The second-order valence-corrected chi connectivity index (χ2v) is 16.4. The molecule has 3 aliphatic carbocycles. The lowest BCUT2D eigenvalue weighted by molar-refractivity contribution is 0.0426. The maximum Gasteiger partial charge on any atom is 0.0540 e. The second-order valence-electron chi connectivity index (χ2n) is 16.4. The van der Waals surface area contributed by atoms with Gasteiger partial charge in [0.2, 0.25) is 0 Å². The van der Waals surface area contributed by atoms with E-state index in [1.165, 1.54) is 75.9 Å². The van der Waals surface area contributed by atoms with E-state index in [2.05, 4.69) is 195 Å². The van der Waals surface area contributed by atoms with E-state index in [1.807, 2.05) is 0 Å². The Morgan fingerprint density at radius 3 is 1.59 bits per heavy atom. The van der Waals surface area contributed by atoms with Crippen molar-refractivity contribution in [1.29, 1.82) is 0 Å². The molecule has 1 nitrogen and oxygen atoms in total. The van der Waals surface area contributed by atoms with Gasteiger partial charge in [-0.15, -0.1) is 0 Å². The van der Waals surface area contributed by atoms with Crippen LogP contribution < -0.4 is 4.90 Å². The van der Waals surface area contributed by atoms with Gasteiger partial charge in [0, 0.05) is 22.4 Å². The standard InChI is InChI=1S/C53H47N/c1-36-31-38-33-37(2)53(44(32-36)34-38)50-19-11-9-18-48(50)49-35-43(25-30-51(49)53)47-17-10-12-20-52(47)54(45-26-21-41(22-27-45)39-13-5-3-6-14-39)46-28-23-42(24-29-46)40-15-7-4-8-16-40/h3-30,35-38,44H,31-34H2,1-2H3. The molecule has 10 rings (SSSR count). The Morgan fingerprint density at radius 2 is 0.944 bits per heavy atom. The highest BCUT2D eigenvalue weighted by atomic mass is 15.1. The Kier molecular flexibility index (Phi) is 8.13. The van der Waals surface area contributed by atoms with E-state index >= 15 is 0 Å². The van der Waals surface area contributed by atoms with Crippen molar-refractivity contribution in [3.8, 4) is 44.5 Å². The average molecular weight is 698 g/mol. The number of para-hydroxylation sites is 1. The minimum Gasteiger partial charge on any atom is -0.310 e. The highest BCUT2D eigenvalue weighted by Crippen LogP contribution is 2.64. The molecule has 7 aromatic carbocycles. The van der Waals surface area contributed by atoms with Crippen LogP contribution in [0.15, 0.2) is 176 Å². The molecule has 7 aromatic rings. The fourth-order valence-electron chi connectivity index (χ4n) is 11.1. The first kappa shape index (κ1) is 32.9. The van der Waals surface area contributed by atoms with Gasteiger partial charge in [-0.1, -0.05) is 153 Å². The first-order valence-corrected chi connectivity index (χ1v) is 20.0. The van der Waals surface area contributed by atoms with E-state index < -0.39 is 0 Å². The van der Waals surface area contributed by atoms with Gasteiger partial charge in [0.05, 0.1) is 5.69 Å². The summed E-state index contributed by atoms with van der Waals surface area (Å²) in [6, 6.07) is 65.3. The van der Waals surface area contributed by atoms with Crippen LogP contribution in [0.1, 0.15) is 50.7 Å². The normalized spacial score (nSPS) is 22.4. The van der Waals surface area contributed by atoms with Crippen LogP contribution in [0.2, 0.25) is 0 Å². The number of hydrogen-bond acceptors (Lipinski definition) is 1. The van der Waals surface area contributed by atoms with Crippen molar-refractivity contribution in [2.24, 2.45) is 23.7 Å². The van der Waals surface area contributed by atoms with E-state index in [0.717, 1.165) is 23.2 Å². The first-order chi connectivity index (χ1) is 26.6. The van der Waals surface area contributed by atoms with Gasteiger partial charge >= 0.3 is 0 Å². The topological polar surface area (TPSA) is 3.24 Å². The van der Waals surface area contributed by atoms with Crippen molar-refractivity contribution >= 4 is 17.1 Å². The van der Waals surface area contributed by atoms with Gasteiger partial charge in [-0.05, 0) is 136 Å². The quantitative estimate of drug-likeness (QED) is 0.167. The molecule has 0 aliphatic heterocycles. The molecule has 0 amide bonds. The summed E-state index contributed by atoms with van der Waals surface area (Å²) >= 11 is 0. The number of hydrogen-bond donors (Lipinski definition) is 0. The number of nitrogens with zero attached hydrogens (tertiary/aromatic N) is 1. The summed E-state index contributed by atoms with van der Waals surface area (Å²) in [6.07, 6.45) is 5.44. The van der Waals surface area contributed by atoms with Crippen LogP contribution in [0.4, 0.5) is 17.1 Å². The van der Waals surface area contributed by atoms with Crippen molar-refractivity contribution in [1.82, 2.24) is 0 Å². The third kappa shape index (κ3) is 5.36. The zero-order chi connectivity index (χ0) is 36.2. The van der Waals surface area contributed by atoms with Crippen molar-refractivity contribution in [2.75, 3.05) is 4.90 Å². The van der Waals surface area contributed by atoms with Crippen LogP contribution in [0.5, 0.6) is 0 Å². The van der Waals surface area contributed by atoms with Crippen molar-refractivity contribution in [3.63, 3.8) is 0 Å². The summed E-state index contributed by atoms with van der Waals surface area (Å²) in [6.45, 7) is 5.06. The highest BCUT2D eigenvalue weighted by Gasteiger charge is 2.56. The molecule has 0 heterocycles. The number of anilines is 3. The fraction of sp³-hybridized carbons (Fsp3) is 0.208. The van der Waals surface area contributed by atoms with E-state index in [4.69, 9.17) is 0 Å². The molecule has 0 radical (unpaired) electrons. The van der Waals surface area contributed by atoms with Crippen molar-refractivity contribution in [2.45, 2.75) is 44.9 Å². The summed E-state index contributed by atoms with van der Waals surface area (Å²) in [5.41, 5.74) is 17.0. The predicted molar refractivity (Wildman–Crippen MR) is 227 cm³/mol. The average Bonchev–Trinajstić information content (AvgIpc) is 3.52. The molecule has 1 heteroatoms. The van der Waals surface area contributed by atoms with Crippen LogP contribution in [-0.2, 0) is 5.41 Å². The molecule has 2 saturated carbocycles. The fourth-order valence-corrected chi connectivity index (χ4v) is 11.1. The number of benzene rings is 7. The molecule has 2 fully saturated rings. The smallest absolute Gasteiger partial charge is 0.0540 e. The SMILES string of the molecule is CC1CC2CC(C)C3(c4ccccc4-c4cc(-c5ccccc5N(c5ccc(-c6ccccc6)cc5)c5ccc(-c6ccccc6)cc5)ccc43)C(C1)C2. The molecule has 0 aromatic heterocycles. The summed E-state index contributed by atoms with van der Waals surface area (Å²) < 4.78 is 0. The molecule has 0 N–H and O–H groups in total. The first-order valence-electron chi connectivity index (χ1n) is 20.0. The zero-order valence-electron chi connectivity index (χ0n) is 31.3. The minimum atomic E-state index is 0.0994. The molecular formula is C53H47N. The van der Waals surface area contributed by atoms with E-state index in [-0.39, 0.29) is 5.41 Å². The van der Waals surface area contributed by atoms with Crippen molar-refractivity contribution in [3.05, 3.63) is 187 Å². The molecule has 3 aliphatic rings. The molecule has 5 atom stereocenters. The monoisotopic (exact) mass is 697 g/mol. The van der Waals surface area contributed by atoms with Gasteiger partial charge in [-0.25, -0.2) is 0 Å². The van der Waals surface area contributed by atoms with Crippen LogP contribution in [-0.4, -0.2) is 0 Å². The molecule has 1 spiro atoms. The lowest BCUT2D eigenvalue weighted by Crippen LogP contribution is -2.49. The molecule has 54 heavy (non-hydrogen) atoms. The van der Waals surface area contributed by atoms with Gasteiger partial charge < -0.3 is 4.90 Å². The van der Waals surface area contributed by atoms with Gasteiger partial charge in [-0.3, -0.25) is 0 Å². The Labute approximate surface area is 321 Å². The van der Waals surface area contributed by atoms with E-state index in [1.54, 1.807) is 11.1 Å². The predicted octanol–water partition coefficient (Wildman–Crippen LogP) is 14.5. The molecule has 0 saturated heterocycles. The Balaban J connectivity index is 1.11. The number of fused-ring (bicyclic) bond motifs is 8.